The summed E-state index contributed by atoms with van der Waals surface area (Å²) >= 11 is 0. The average molecular weight is 372 g/mol. The van der Waals surface area contributed by atoms with Gasteiger partial charge in [0.25, 0.3) is 5.56 Å². The minimum absolute atomic E-state index is 0.0864. The highest BCUT2D eigenvalue weighted by Gasteiger charge is 2.16. The van der Waals surface area contributed by atoms with Gasteiger partial charge < -0.3 is 4.74 Å². The molecule has 0 bridgehead atoms. The van der Waals surface area contributed by atoms with Gasteiger partial charge in [-0.15, -0.1) is 0 Å². The highest BCUT2D eigenvalue weighted by molar-refractivity contribution is 6.00. The van der Waals surface area contributed by atoms with Crippen LogP contribution in [-0.2, 0) is 6.42 Å². The molecule has 0 fully saturated rings. The zero-order valence-electron chi connectivity index (χ0n) is 14.8. The summed E-state index contributed by atoms with van der Waals surface area (Å²) in [5.41, 5.74) is 0.299. The van der Waals surface area contributed by atoms with Gasteiger partial charge in [-0.3, -0.25) is 14.6 Å². The monoisotopic (exact) mass is 372 g/mol. The highest BCUT2D eigenvalue weighted by Crippen LogP contribution is 2.25. The molecule has 7 nitrogen and oxygen atoms in total. The summed E-state index contributed by atoms with van der Waals surface area (Å²) in [6.07, 6.45) is 4.56. The van der Waals surface area contributed by atoms with E-state index in [1.54, 1.807) is 42.7 Å². The fraction of sp³-hybridized carbons (Fsp3) is 0.0476. The molecule has 0 aliphatic rings. The smallest absolute Gasteiger partial charge is 0.255 e. The maximum atomic E-state index is 12.8. The molecule has 28 heavy (non-hydrogen) atoms. The lowest BCUT2D eigenvalue weighted by Crippen LogP contribution is -2.20. The van der Waals surface area contributed by atoms with Crippen molar-refractivity contribution in [2.75, 3.05) is 0 Å². The van der Waals surface area contributed by atoms with Crippen LogP contribution in [0.3, 0.4) is 0 Å². The molecule has 0 unspecified atom stereocenters. The van der Waals surface area contributed by atoms with E-state index in [9.17, 15) is 9.59 Å². The highest BCUT2D eigenvalue weighted by atomic mass is 16.5. The van der Waals surface area contributed by atoms with Crippen molar-refractivity contribution in [3.8, 4) is 17.4 Å². The number of H-pyrrole nitrogens is 1. The number of ether oxygens (including phenoxy) is 1. The Kier molecular flexibility index (Phi) is 4.79. The summed E-state index contributed by atoms with van der Waals surface area (Å²) in [5.74, 6) is 1.13. The van der Waals surface area contributed by atoms with Crippen molar-refractivity contribution in [1.29, 1.82) is 0 Å². The number of hydrogen-bond donors (Lipinski definition) is 1. The fourth-order valence-electron chi connectivity index (χ4n) is 2.72. The number of aromatic amines is 1. The first-order valence-electron chi connectivity index (χ1n) is 8.64. The van der Waals surface area contributed by atoms with Gasteiger partial charge in [-0.25, -0.2) is 9.67 Å². The number of rotatable bonds is 6. The first-order valence-corrected chi connectivity index (χ1v) is 8.64. The first-order chi connectivity index (χ1) is 13.7. The molecule has 7 heteroatoms. The molecular formula is C21H16N4O3. The largest absolute Gasteiger partial charge is 0.457 e. The fourth-order valence-corrected chi connectivity index (χ4v) is 2.72. The minimum atomic E-state index is -0.379. The van der Waals surface area contributed by atoms with Crippen LogP contribution < -0.4 is 10.3 Å². The van der Waals surface area contributed by atoms with E-state index < -0.39 is 0 Å². The first kappa shape index (κ1) is 17.4. The standard InChI is InChI=1S/C21H16N4O3/c26-18(13-15-14-22-21(24-20(15)27)25-12-6-11-23-25)17-9-4-5-10-19(17)28-16-7-2-1-3-8-16/h1-12,14H,13H2,(H,22,24,27). The number of nitrogens with one attached hydrogen (secondary N) is 1. The van der Waals surface area contributed by atoms with E-state index in [0.29, 0.717) is 23.0 Å². The average Bonchev–Trinajstić information content (AvgIpc) is 3.25. The molecule has 0 aliphatic carbocycles. The van der Waals surface area contributed by atoms with Gasteiger partial charge in [0.1, 0.15) is 11.5 Å². The van der Waals surface area contributed by atoms with E-state index in [1.165, 1.54) is 10.9 Å². The molecule has 2 aromatic carbocycles. The molecule has 0 aliphatic heterocycles. The third kappa shape index (κ3) is 3.73. The van der Waals surface area contributed by atoms with Gasteiger partial charge in [0.2, 0.25) is 5.95 Å². The molecule has 2 aromatic heterocycles. The van der Waals surface area contributed by atoms with Crippen LogP contribution in [-0.4, -0.2) is 25.5 Å². The van der Waals surface area contributed by atoms with Gasteiger partial charge in [-0.05, 0) is 30.3 Å². The Hall–Kier alpha value is -4.00. The minimum Gasteiger partial charge on any atom is -0.457 e. The summed E-state index contributed by atoms with van der Waals surface area (Å²) in [5, 5.41) is 4.02. The zero-order chi connectivity index (χ0) is 19.3. The number of benzene rings is 2. The third-order valence-corrected chi connectivity index (χ3v) is 4.09. The van der Waals surface area contributed by atoms with Crippen LogP contribution in [0.15, 0.2) is 84.0 Å². The van der Waals surface area contributed by atoms with E-state index in [0.717, 1.165) is 0 Å². The lowest BCUT2D eigenvalue weighted by atomic mass is 10.0. The number of nitrogens with zero attached hydrogens (tertiary/aromatic N) is 3. The Morgan fingerprint density at radius 1 is 1.04 bits per heavy atom. The van der Waals surface area contributed by atoms with Crippen molar-refractivity contribution >= 4 is 5.78 Å². The second-order valence-corrected chi connectivity index (χ2v) is 6.02. The Morgan fingerprint density at radius 2 is 1.82 bits per heavy atom. The van der Waals surface area contributed by atoms with Gasteiger partial charge in [-0.2, -0.15) is 5.10 Å². The van der Waals surface area contributed by atoms with Gasteiger partial charge in [0.05, 0.1) is 5.56 Å². The normalized spacial score (nSPS) is 10.6. The van der Waals surface area contributed by atoms with E-state index in [1.807, 2.05) is 30.3 Å². The SMILES string of the molecule is O=C(Cc1cnc(-n2cccn2)[nH]c1=O)c1ccccc1Oc1ccccc1. The van der Waals surface area contributed by atoms with Crippen LogP contribution >= 0.6 is 0 Å². The van der Waals surface area contributed by atoms with Gasteiger partial charge in [0, 0.05) is 30.6 Å². The van der Waals surface area contributed by atoms with Crippen molar-refractivity contribution in [3.63, 3.8) is 0 Å². The number of hydrogen-bond acceptors (Lipinski definition) is 5. The summed E-state index contributed by atoms with van der Waals surface area (Å²) in [6, 6.07) is 17.9. The molecule has 0 amide bonds. The molecule has 0 spiro atoms. The topological polar surface area (TPSA) is 89.9 Å². The maximum Gasteiger partial charge on any atom is 0.255 e. The van der Waals surface area contributed by atoms with Crippen molar-refractivity contribution in [3.05, 3.63) is 101 Å². The quantitative estimate of drug-likeness (QED) is 0.525. The molecule has 0 atom stereocenters. The Labute approximate surface area is 160 Å². The number of ketones is 1. The summed E-state index contributed by atoms with van der Waals surface area (Å²) in [7, 11) is 0. The number of aromatic nitrogens is 4. The van der Waals surface area contributed by atoms with E-state index in [2.05, 4.69) is 15.1 Å². The Morgan fingerprint density at radius 3 is 2.57 bits per heavy atom. The summed E-state index contributed by atoms with van der Waals surface area (Å²) < 4.78 is 7.27. The molecule has 2 heterocycles. The van der Waals surface area contributed by atoms with Crippen molar-refractivity contribution in [2.24, 2.45) is 0 Å². The van der Waals surface area contributed by atoms with Crippen molar-refractivity contribution in [2.45, 2.75) is 6.42 Å². The van der Waals surface area contributed by atoms with Crippen LogP contribution in [0.2, 0.25) is 0 Å². The van der Waals surface area contributed by atoms with Crippen LogP contribution in [0.4, 0.5) is 0 Å². The van der Waals surface area contributed by atoms with E-state index in [-0.39, 0.29) is 23.3 Å². The molecule has 4 rings (SSSR count). The lowest BCUT2D eigenvalue weighted by Gasteiger charge is -2.10. The molecule has 138 valence electrons. The van der Waals surface area contributed by atoms with Gasteiger partial charge in [-0.1, -0.05) is 30.3 Å². The second-order valence-electron chi connectivity index (χ2n) is 6.02. The van der Waals surface area contributed by atoms with Crippen LogP contribution in [0, 0.1) is 0 Å². The molecule has 0 radical (unpaired) electrons. The van der Waals surface area contributed by atoms with E-state index in [4.69, 9.17) is 4.74 Å². The third-order valence-electron chi connectivity index (χ3n) is 4.09. The van der Waals surface area contributed by atoms with Gasteiger partial charge in [0.15, 0.2) is 5.78 Å². The number of para-hydroxylation sites is 2. The predicted molar refractivity (Wildman–Crippen MR) is 103 cm³/mol. The molecular weight excluding hydrogens is 356 g/mol. The Balaban J connectivity index is 1.57. The number of Topliss-reactive ketones (excluding diaryl/α,β-unsaturated/α-hetero) is 1. The number of carbonyl (C=O) groups excluding carboxylic acids is 1. The lowest BCUT2D eigenvalue weighted by molar-refractivity contribution is 0.0990. The zero-order valence-corrected chi connectivity index (χ0v) is 14.8. The molecule has 0 saturated heterocycles. The van der Waals surface area contributed by atoms with E-state index >= 15 is 0 Å². The second kappa shape index (κ2) is 7.71. The predicted octanol–water partition coefficient (Wildman–Crippen LogP) is 3.17. The summed E-state index contributed by atoms with van der Waals surface area (Å²) in [6.45, 7) is 0. The molecule has 0 saturated carbocycles. The van der Waals surface area contributed by atoms with Crippen LogP contribution in [0.25, 0.3) is 5.95 Å². The number of carbonyl (C=O) groups is 1. The maximum absolute atomic E-state index is 12.8. The summed E-state index contributed by atoms with van der Waals surface area (Å²) in [4.78, 5) is 32.0. The van der Waals surface area contributed by atoms with Crippen molar-refractivity contribution < 1.29 is 9.53 Å². The van der Waals surface area contributed by atoms with Crippen molar-refractivity contribution in [1.82, 2.24) is 19.7 Å². The van der Waals surface area contributed by atoms with Crippen LogP contribution in [0.1, 0.15) is 15.9 Å². The molecule has 4 aromatic rings. The Bertz CT molecular complexity index is 1150. The van der Waals surface area contributed by atoms with Gasteiger partial charge >= 0.3 is 0 Å². The van der Waals surface area contributed by atoms with Crippen LogP contribution in [0.5, 0.6) is 11.5 Å². The molecule has 1 N–H and O–H groups in total.